The molecule has 0 amide bonds. The van der Waals surface area contributed by atoms with Gasteiger partial charge in [0.25, 0.3) is 0 Å². The van der Waals surface area contributed by atoms with Crippen LogP contribution in [0, 0.1) is 6.92 Å². The van der Waals surface area contributed by atoms with Crippen LogP contribution in [0.1, 0.15) is 21.5 Å². The quantitative estimate of drug-likeness (QED) is 0.219. The molecular formula is C29H22N2O4S. The average molecular weight is 495 g/mol. The van der Waals surface area contributed by atoms with E-state index in [1.54, 1.807) is 66.9 Å². The molecule has 0 spiro atoms. The van der Waals surface area contributed by atoms with E-state index >= 15 is 0 Å². The Morgan fingerprint density at radius 3 is 2.17 bits per heavy atom. The molecule has 0 radical (unpaired) electrons. The Hall–Kier alpha value is -4.36. The zero-order valence-corrected chi connectivity index (χ0v) is 20.3. The summed E-state index contributed by atoms with van der Waals surface area (Å²) in [6.45, 7) is 1.90. The van der Waals surface area contributed by atoms with Crippen molar-refractivity contribution in [3.8, 4) is 17.0 Å². The van der Waals surface area contributed by atoms with Crippen molar-refractivity contribution in [3.05, 3.63) is 120 Å². The van der Waals surface area contributed by atoms with Gasteiger partial charge in [-0.05, 0) is 73.2 Å². The average Bonchev–Trinajstić information content (AvgIpc) is 2.89. The first kappa shape index (κ1) is 23.4. The van der Waals surface area contributed by atoms with Crippen LogP contribution in [0.25, 0.3) is 22.3 Å². The van der Waals surface area contributed by atoms with Gasteiger partial charge in [0.15, 0.2) is 9.84 Å². The smallest absolute Gasteiger partial charge is 0.343 e. The summed E-state index contributed by atoms with van der Waals surface area (Å²) in [4.78, 5) is 21.9. The van der Waals surface area contributed by atoms with Crippen molar-refractivity contribution in [3.63, 3.8) is 0 Å². The van der Waals surface area contributed by atoms with E-state index in [0.29, 0.717) is 16.9 Å². The Balaban J connectivity index is 1.25. The van der Waals surface area contributed by atoms with Crippen LogP contribution in [0.4, 0.5) is 0 Å². The number of hydrogen-bond acceptors (Lipinski definition) is 6. The van der Waals surface area contributed by atoms with Crippen molar-refractivity contribution in [2.75, 3.05) is 0 Å². The first-order valence-corrected chi connectivity index (χ1v) is 13.0. The molecule has 0 bridgehead atoms. The molecule has 36 heavy (non-hydrogen) atoms. The van der Waals surface area contributed by atoms with E-state index in [4.69, 9.17) is 4.74 Å². The van der Waals surface area contributed by atoms with Crippen molar-refractivity contribution in [2.45, 2.75) is 17.6 Å². The van der Waals surface area contributed by atoms with Gasteiger partial charge in [-0.3, -0.25) is 4.98 Å². The number of carbonyl (C=O) groups is 1. The number of nitrogens with zero attached hydrogens (tertiary/aromatic N) is 2. The molecule has 0 N–H and O–H groups in total. The second kappa shape index (κ2) is 9.71. The lowest BCUT2D eigenvalue weighted by Gasteiger charge is -2.08. The van der Waals surface area contributed by atoms with Gasteiger partial charge < -0.3 is 4.74 Å². The standard InChI is InChI=1S/C29H22N2O4S/c1-20-6-16-25(17-7-20)36(33,34)19-21-8-10-23(11-9-21)29(32)35-24-14-12-22(13-15-24)28-18-30-26-4-2-3-5-27(26)31-28/h2-18H,19H2,1H3. The van der Waals surface area contributed by atoms with Crippen molar-refractivity contribution in [2.24, 2.45) is 0 Å². The largest absolute Gasteiger partial charge is 0.423 e. The third-order valence-electron chi connectivity index (χ3n) is 5.74. The van der Waals surface area contributed by atoms with E-state index in [1.807, 2.05) is 43.3 Å². The van der Waals surface area contributed by atoms with Crippen molar-refractivity contribution >= 4 is 26.8 Å². The summed E-state index contributed by atoms with van der Waals surface area (Å²) >= 11 is 0. The van der Waals surface area contributed by atoms with Gasteiger partial charge >= 0.3 is 5.97 Å². The van der Waals surface area contributed by atoms with Crippen LogP contribution < -0.4 is 4.74 Å². The molecule has 0 fully saturated rings. The van der Waals surface area contributed by atoms with Gasteiger partial charge in [0.05, 0.1) is 39.1 Å². The molecule has 1 heterocycles. The third kappa shape index (κ3) is 5.16. The van der Waals surface area contributed by atoms with Crippen LogP contribution in [-0.2, 0) is 15.6 Å². The third-order valence-corrected chi connectivity index (χ3v) is 7.44. The summed E-state index contributed by atoms with van der Waals surface area (Å²) in [6, 6.07) is 27.8. The Morgan fingerprint density at radius 2 is 1.47 bits per heavy atom. The number of benzene rings is 4. The number of sulfone groups is 1. The number of para-hydroxylation sites is 2. The molecule has 0 atom stereocenters. The van der Waals surface area contributed by atoms with Gasteiger partial charge in [-0.1, -0.05) is 42.0 Å². The molecule has 5 rings (SSSR count). The van der Waals surface area contributed by atoms with Gasteiger partial charge in [-0.25, -0.2) is 18.2 Å². The van der Waals surface area contributed by atoms with Crippen LogP contribution in [-0.4, -0.2) is 24.4 Å². The molecule has 0 aliphatic heterocycles. The van der Waals surface area contributed by atoms with Gasteiger partial charge in [-0.15, -0.1) is 0 Å². The van der Waals surface area contributed by atoms with E-state index in [2.05, 4.69) is 9.97 Å². The molecule has 0 aliphatic carbocycles. The number of esters is 1. The maximum absolute atomic E-state index is 12.7. The highest BCUT2D eigenvalue weighted by atomic mass is 32.2. The topological polar surface area (TPSA) is 86.2 Å². The summed E-state index contributed by atoms with van der Waals surface area (Å²) in [5, 5.41) is 0. The number of carbonyl (C=O) groups excluding carboxylic acids is 1. The minimum Gasteiger partial charge on any atom is -0.423 e. The summed E-state index contributed by atoms with van der Waals surface area (Å²) < 4.78 is 30.8. The van der Waals surface area contributed by atoms with Crippen molar-refractivity contribution in [1.29, 1.82) is 0 Å². The summed E-state index contributed by atoms with van der Waals surface area (Å²) in [7, 11) is -3.48. The number of aromatic nitrogens is 2. The number of aryl methyl sites for hydroxylation is 1. The lowest BCUT2D eigenvalue weighted by Crippen LogP contribution is -2.09. The van der Waals surface area contributed by atoms with Crippen LogP contribution in [0.2, 0.25) is 0 Å². The zero-order chi connectivity index (χ0) is 25.1. The minimum absolute atomic E-state index is 0.148. The Bertz CT molecular complexity index is 1650. The monoisotopic (exact) mass is 494 g/mol. The predicted molar refractivity (Wildman–Crippen MR) is 138 cm³/mol. The Kier molecular flexibility index (Phi) is 6.31. The van der Waals surface area contributed by atoms with Gasteiger partial charge in [0.2, 0.25) is 0 Å². The minimum atomic E-state index is -3.48. The van der Waals surface area contributed by atoms with Gasteiger partial charge in [-0.2, -0.15) is 0 Å². The van der Waals surface area contributed by atoms with Gasteiger partial charge in [0.1, 0.15) is 5.75 Å². The molecule has 0 saturated heterocycles. The molecular weight excluding hydrogens is 472 g/mol. The van der Waals surface area contributed by atoms with E-state index in [1.165, 1.54) is 0 Å². The molecule has 0 aliphatic rings. The Morgan fingerprint density at radius 1 is 0.806 bits per heavy atom. The van der Waals surface area contributed by atoms with Crippen LogP contribution in [0.5, 0.6) is 5.75 Å². The normalized spacial score (nSPS) is 11.4. The second-order valence-electron chi connectivity index (χ2n) is 8.43. The Labute approximate surface area is 209 Å². The molecule has 6 nitrogen and oxygen atoms in total. The van der Waals surface area contributed by atoms with Crippen LogP contribution in [0.15, 0.2) is 108 Å². The first-order valence-electron chi connectivity index (χ1n) is 11.3. The maximum atomic E-state index is 12.7. The lowest BCUT2D eigenvalue weighted by atomic mass is 10.1. The highest BCUT2D eigenvalue weighted by Gasteiger charge is 2.16. The fourth-order valence-electron chi connectivity index (χ4n) is 3.74. The lowest BCUT2D eigenvalue weighted by molar-refractivity contribution is 0.0734. The highest BCUT2D eigenvalue weighted by molar-refractivity contribution is 7.90. The molecule has 1 aromatic heterocycles. The molecule has 178 valence electrons. The number of fused-ring (bicyclic) bond motifs is 1. The number of hydrogen-bond donors (Lipinski definition) is 0. The number of rotatable bonds is 6. The van der Waals surface area contributed by atoms with E-state index in [-0.39, 0.29) is 10.6 Å². The fraction of sp³-hybridized carbons (Fsp3) is 0.0690. The van der Waals surface area contributed by atoms with Crippen LogP contribution in [0.3, 0.4) is 0 Å². The highest BCUT2D eigenvalue weighted by Crippen LogP contribution is 2.23. The zero-order valence-electron chi connectivity index (χ0n) is 19.5. The van der Waals surface area contributed by atoms with Crippen LogP contribution >= 0.6 is 0 Å². The first-order chi connectivity index (χ1) is 17.4. The predicted octanol–water partition coefficient (Wildman–Crippen LogP) is 5.80. The summed E-state index contributed by atoms with van der Waals surface area (Å²) in [5.41, 5.74) is 5.12. The van der Waals surface area contributed by atoms with Crippen molar-refractivity contribution < 1.29 is 17.9 Å². The number of ether oxygens (including phenoxy) is 1. The molecule has 0 saturated carbocycles. The molecule has 4 aromatic carbocycles. The molecule has 7 heteroatoms. The molecule has 5 aromatic rings. The van der Waals surface area contributed by atoms with Gasteiger partial charge in [0, 0.05) is 5.56 Å². The fourth-order valence-corrected chi connectivity index (χ4v) is 5.09. The summed E-state index contributed by atoms with van der Waals surface area (Å²) in [5.74, 6) is -0.283. The van der Waals surface area contributed by atoms with E-state index in [0.717, 1.165) is 27.9 Å². The SMILES string of the molecule is Cc1ccc(S(=O)(=O)Cc2ccc(C(=O)Oc3ccc(-c4cnc5ccccc5n4)cc3)cc2)cc1. The van der Waals surface area contributed by atoms with E-state index in [9.17, 15) is 13.2 Å². The second-order valence-corrected chi connectivity index (χ2v) is 10.4. The van der Waals surface area contributed by atoms with E-state index < -0.39 is 15.8 Å². The molecule has 0 unspecified atom stereocenters. The van der Waals surface area contributed by atoms with Crippen molar-refractivity contribution in [1.82, 2.24) is 9.97 Å². The maximum Gasteiger partial charge on any atom is 0.343 e. The summed E-state index contributed by atoms with van der Waals surface area (Å²) in [6.07, 6.45) is 1.71.